The highest BCUT2D eigenvalue weighted by molar-refractivity contribution is 5.58. The summed E-state index contributed by atoms with van der Waals surface area (Å²) in [5.41, 5.74) is 1.16. The summed E-state index contributed by atoms with van der Waals surface area (Å²) in [5, 5.41) is 8.75. The fourth-order valence-corrected chi connectivity index (χ4v) is 1.95. The predicted molar refractivity (Wildman–Crippen MR) is 60.5 cm³/mol. The molecule has 1 fully saturated rings. The largest absolute Gasteiger partial charge is 0.489 e. The quantitative estimate of drug-likeness (QED) is 0.815. The van der Waals surface area contributed by atoms with E-state index < -0.39 is 0 Å². The van der Waals surface area contributed by atoms with Crippen molar-refractivity contribution in [1.82, 2.24) is 0 Å². The van der Waals surface area contributed by atoms with Crippen LogP contribution in [-0.2, 0) is 0 Å². The van der Waals surface area contributed by atoms with Gasteiger partial charge in [0.25, 0.3) is 0 Å². The van der Waals surface area contributed by atoms with Crippen LogP contribution in [0.2, 0.25) is 0 Å². The molecule has 0 radical (unpaired) electrons. The van der Waals surface area contributed by atoms with Crippen LogP contribution in [0.25, 0.3) is 0 Å². The van der Waals surface area contributed by atoms with E-state index in [1.165, 1.54) is 12.8 Å². The summed E-state index contributed by atoms with van der Waals surface area (Å²) in [6.45, 7) is 2.65. The lowest BCUT2D eigenvalue weighted by Crippen LogP contribution is -2.18. The number of benzene rings is 1. The summed E-state index contributed by atoms with van der Waals surface area (Å²) in [6.07, 6.45) is 2.52. The number of hydrogen-bond acceptors (Lipinski definition) is 3. The molecule has 2 rings (SSSR count). The molecule has 0 spiro atoms. The fraction of sp³-hybridized carbons (Fsp3) is 0.500. The summed E-state index contributed by atoms with van der Waals surface area (Å²) in [6, 6.07) is 8.03. The summed E-state index contributed by atoms with van der Waals surface area (Å²) in [4.78, 5) is 2.34. The minimum atomic E-state index is 0.0638. The van der Waals surface area contributed by atoms with Crippen LogP contribution in [0.4, 0.5) is 5.69 Å². The number of ether oxygens (including phenoxy) is 1. The number of anilines is 1. The average Bonchev–Trinajstić information content (AvgIpc) is 2.80. The SMILES string of the molecule is OCCOc1ccccc1N1CCCC1. The van der Waals surface area contributed by atoms with Crippen molar-refractivity contribution in [2.45, 2.75) is 12.8 Å². The van der Waals surface area contributed by atoms with Gasteiger partial charge in [0, 0.05) is 13.1 Å². The number of aliphatic hydroxyl groups excluding tert-OH is 1. The van der Waals surface area contributed by atoms with Crippen LogP contribution < -0.4 is 9.64 Å². The molecule has 1 N–H and O–H groups in total. The number of aliphatic hydroxyl groups is 1. The lowest BCUT2D eigenvalue weighted by molar-refractivity contribution is 0.201. The molecule has 1 aromatic carbocycles. The Bertz CT molecular complexity index is 308. The molecular weight excluding hydrogens is 190 g/mol. The van der Waals surface area contributed by atoms with Crippen molar-refractivity contribution in [3.05, 3.63) is 24.3 Å². The normalized spacial score (nSPS) is 15.7. The monoisotopic (exact) mass is 207 g/mol. The van der Waals surface area contributed by atoms with Gasteiger partial charge in [-0.15, -0.1) is 0 Å². The van der Waals surface area contributed by atoms with Crippen molar-refractivity contribution in [3.8, 4) is 5.75 Å². The highest BCUT2D eigenvalue weighted by Gasteiger charge is 2.15. The smallest absolute Gasteiger partial charge is 0.142 e. The van der Waals surface area contributed by atoms with E-state index >= 15 is 0 Å². The first-order valence-electron chi connectivity index (χ1n) is 5.49. The molecule has 0 saturated carbocycles. The number of para-hydroxylation sites is 2. The molecule has 0 unspecified atom stereocenters. The standard InChI is InChI=1S/C12H17NO2/c14-9-10-15-12-6-2-1-5-11(12)13-7-3-4-8-13/h1-2,5-6,14H,3-4,7-10H2. The van der Waals surface area contributed by atoms with Gasteiger partial charge < -0.3 is 14.7 Å². The molecule has 0 aliphatic carbocycles. The van der Waals surface area contributed by atoms with Gasteiger partial charge >= 0.3 is 0 Å². The van der Waals surface area contributed by atoms with Gasteiger partial charge in [0.05, 0.1) is 12.3 Å². The maximum Gasteiger partial charge on any atom is 0.142 e. The summed E-state index contributed by atoms with van der Waals surface area (Å²) in [7, 11) is 0. The van der Waals surface area contributed by atoms with Gasteiger partial charge in [0.15, 0.2) is 0 Å². The molecule has 1 aliphatic heterocycles. The molecule has 0 aromatic heterocycles. The summed E-state index contributed by atoms with van der Waals surface area (Å²) >= 11 is 0. The molecule has 0 bridgehead atoms. The van der Waals surface area contributed by atoms with Gasteiger partial charge in [-0.2, -0.15) is 0 Å². The van der Waals surface area contributed by atoms with Gasteiger partial charge in [-0.05, 0) is 25.0 Å². The van der Waals surface area contributed by atoms with Crippen LogP contribution >= 0.6 is 0 Å². The Morgan fingerprint density at radius 3 is 2.67 bits per heavy atom. The molecule has 3 nitrogen and oxygen atoms in total. The zero-order valence-electron chi connectivity index (χ0n) is 8.85. The first-order chi connectivity index (χ1) is 7.42. The fourth-order valence-electron chi connectivity index (χ4n) is 1.95. The lowest BCUT2D eigenvalue weighted by atomic mass is 10.2. The van der Waals surface area contributed by atoms with Crippen molar-refractivity contribution in [1.29, 1.82) is 0 Å². The van der Waals surface area contributed by atoms with Crippen molar-refractivity contribution in [2.75, 3.05) is 31.2 Å². The number of rotatable bonds is 4. The summed E-state index contributed by atoms with van der Waals surface area (Å²) < 4.78 is 5.51. The van der Waals surface area contributed by atoms with E-state index in [4.69, 9.17) is 9.84 Å². The Labute approximate surface area is 90.3 Å². The first kappa shape index (κ1) is 10.3. The Hall–Kier alpha value is -1.22. The van der Waals surface area contributed by atoms with Gasteiger partial charge in [0.1, 0.15) is 12.4 Å². The van der Waals surface area contributed by atoms with E-state index in [2.05, 4.69) is 11.0 Å². The Balaban J connectivity index is 2.13. The van der Waals surface area contributed by atoms with Crippen molar-refractivity contribution in [2.24, 2.45) is 0 Å². The molecular formula is C12H17NO2. The zero-order chi connectivity index (χ0) is 10.5. The van der Waals surface area contributed by atoms with E-state index in [9.17, 15) is 0 Å². The van der Waals surface area contributed by atoms with E-state index in [1.54, 1.807) is 0 Å². The van der Waals surface area contributed by atoms with Crippen LogP contribution in [0, 0.1) is 0 Å². The molecule has 82 valence electrons. The van der Waals surface area contributed by atoms with Crippen molar-refractivity contribution >= 4 is 5.69 Å². The van der Waals surface area contributed by atoms with Crippen LogP contribution in [0.5, 0.6) is 5.75 Å². The van der Waals surface area contributed by atoms with Crippen LogP contribution in [0.3, 0.4) is 0 Å². The molecule has 1 saturated heterocycles. The highest BCUT2D eigenvalue weighted by Crippen LogP contribution is 2.30. The third kappa shape index (κ3) is 2.42. The Morgan fingerprint density at radius 1 is 1.20 bits per heavy atom. The van der Waals surface area contributed by atoms with Crippen molar-refractivity contribution < 1.29 is 9.84 Å². The van der Waals surface area contributed by atoms with Gasteiger partial charge in [-0.1, -0.05) is 12.1 Å². The van der Waals surface area contributed by atoms with Crippen molar-refractivity contribution in [3.63, 3.8) is 0 Å². The molecule has 15 heavy (non-hydrogen) atoms. The number of nitrogens with zero attached hydrogens (tertiary/aromatic N) is 1. The molecule has 0 amide bonds. The first-order valence-corrected chi connectivity index (χ1v) is 5.49. The third-order valence-electron chi connectivity index (χ3n) is 2.66. The van der Waals surface area contributed by atoms with E-state index in [1.807, 2.05) is 18.2 Å². The average molecular weight is 207 g/mol. The van der Waals surface area contributed by atoms with Crippen LogP contribution in [0.15, 0.2) is 24.3 Å². The zero-order valence-corrected chi connectivity index (χ0v) is 8.85. The van der Waals surface area contributed by atoms with Gasteiger partial charge in [0.2, 0.25) is 0 Å². The van der Waals surface area contributed by atoms with Crippen LogP contribution in [-0.4, -0.2) is 31.4 Å². The van der Waals surface area contributed by atoms with Gasteiger partial charge in [-0.25, -0.2) is 0 Å². The topological polar surface area (TPSA) is 32.7 Å². The third-order valence-corrected chi connectivity index (χ3v) is 2.66. The minimum absolute atomic E-state index is 0.0638. The van der Waals surface area contributed by atoms with E-state index in [0.717, 1.165) is 24.5 Å². The molecule has 1 aliphatic rings. The molecule has 1 aromatic rings. The molecule has 1 heterocycles. The Morgan fingerprint density at radius 2 is 1.93 bits per heavy atom. The number of hydrogen-bond donors (Lipinski definition) is 1. The Kier molecular flexibility index (Phi) is 3.45. The van der Waals surface area contributed by atoms with Gasteiger partial charge in [-0.3, -0.25) is 0 Å². The maximum atomic E-state index is 8.75. The maximum absolute atomic E-state index is 8.75. The molecule has 0 atom stereocenters. The lowest BCUT2D eigenvalue weighted by Gasteiger charge is -2.20. The molecule has 3 heteroatoms. The second kappa shape index (κ2) is 5.03. The highest BCUT2D eigenvalue weighted by atomic mass is 16.5. The second-order valence-electron chi connectivity index (χ2n) is 3.73. The van der Waals surface area contributed by atoms with E-state index in [0.29, 0.717) is 6.61 Å². The van der Waals surface area contributed by atoms with E-state index in [-0.39, 0.29) is 6.61 Å². The summed E-state index contributed by atoms with van der Waals surface area (Å²) in [5.74, 6) is 0.883. The van der Waals surface area contributed by atoms with Crippen LogP contribution in [0.1, 0.15) is 12.8 Å². The second-order valence-corrected chi connectivity index (χ2v) is 3.73. The predicted octanol–water partition coefficient (Wildman–Crippen LogP) is 1.66. The minimum Gasteiger partial charge on any atom is -0.489 e.